The van der Waals surface area contributed by atoms with E-state index in [1.807, 2.05) is 47.8 Å². The Morgan fingerprint density at radius 1 is 1.00 bits per heavy atom. The maximum absolute atomic E-state index is 14.1. The third kappa shape index (κ3) is 4.00. The number of hydrogen-bond acceptors (Lipinski definition) is 4. The molecular formula is C21H14BrFN4S. The molecule has 138 valence electrons. The second-order valence-corrected chi connectivity index (χ2v) is 7.45. The van der Waals surface area contributed by atoms with Crippen molar-refractivity contribution in [3.8, 4) is 11.3 Å². The van der Waals surface area contributed by atoms with Crippen molar-refractivity contribution in [1.29, 1.82) is 0 Å². The normalized spacial score (nSPS) is 12.0. The third-order valence-electron chi connectivity index (χ3n) is 3.90. The predicted molar refractivity (Wildman–Crippen MR) is 114 cm³/mol. The summed E-state index contributed by atoms with van der Waals surface area (Å²) >= 11 is 4.98. The van der Waals surface area contributed by atoms with E-state index >= 15 is 0 Å². The zero-order chi connectivity index (χ0) is 19.3. The Morgan fingerprint density at radius 2 is 1.79 bits per heavy atom. The van der Waals surface area contributed by atoms with Crippen molar-refractivity contribution in [3.05, 3.63) is 99.1 Å². The van der Waals surface area contributed by atoms with E-state index in [1.165, 1.54) is 17.4 Å². The highest BCUT2D eigenvalue weighted by molar-refractivity contribution is 9.10. The monoisotopic (exact) mass is 452 g/mol. The maximum Gasteiger partial charge on any atom is 0.211 e. The van der Waals surface area contributed by atoms with Gasteiger partial charge in [0.25, 0.3) is 0 Å². The molecule has 0 N–H and O–H groups in total. The Bertz CT molecular complexity index is 1200. The summed E-state index contributed by atoms with van der Waals surface area (Å²) in [4.78, 5) is 9.31. The van der Waals surface area contributed by atoms with Gasteiger partial charge in [0.05, 0.1) is 17.6 Å². The Labute approximate surface area is 173 Å². The molecule has 2 heterocycles. The molecule has 2 aromatic carbocycles. The summed E-state index contributed by atoms with van der Waals surface area (Å²) in [5.74, 6) is -0.376. The van der Waals surface area contributed by atoms with Crippen molar-refractivity contribution < 1.29 is 4.39 Å². The van der Waals surface area contributed by atoms with Crippen LogP contribution < -0.4 is 4.80 Å². The van der Waals surface area contributed by atoms with Crippen LogP contribution in [-0.4, -0.2) is 15.9 Å². The molecule has 0 spiro atoms. The highest BCUT2D eigenvalue weighted by Gasteiger charge is 2.11. The fraction of sp³-hybridized carbons (Fsp3) is 0. The van der Waals surface area contributed by atoms with Gasteiger partial charge < -0.3 is 0 Å². The standard InChI is InChI=1S/C21H14BrFN4S/c22-17-9-2-1-8-16(17)20-14-28-21(26-19-11-4-3-10-18(19)23)27(20)25-13-15-7-5-6-12-24-15/h1-14H. The van der Waals surface area contributed by atoms with Crippen molar-refractivity contribution in [2.24, 2.45) is 10.1 Å². The molecule has 0 saturated heterocycles. The molecule has 2 aromatic heterocycles. The van der Waals surface area contributed by atoms with Gasteiger partial charge in [0, 0.05) is 21.6 Å². The number of halogens is 2. The van der Waals surface area contributed by atoms with Crippen LogP contribution in [0.2, 0.25) is 0 Å². The molecule has 0 unspecified atom stereocenters. The summed E-state index contributed by atoms with van der Waals surface area (Å²) in [5, 5.41) is 6.54. The van der Waals surface area contributed by atoms with Gasteiger partial charge >= 0.3 is 0 Å². The van der Waals surface area contributed by atoms with Gasteiger partial charge in [-0.15, -0.1) is 11.3 Å². The van der Waals surface area contributed by atoms with E-state index in [-0.39, 0.29) is 11.5 Å². The van der Waals surface area contributed by atoms with Crippen LogP contribution in [0.3, 0.4) is 0 Å². The molecule has 0 saturated carbocycles. The lowest BCUT2D eigenvalue weighted by atomic mass is 10.2. The highest BCUT2D eigenvalue weighted by Crippen LogP contribution is 2.28. The lowest BCUT2D eigenvalue weighted by Gasteiger charge is -2.05. The summed E-state index contributed by atoms with van der Waals surface area (Å²) < 4.78 is 16.7. The molecule has 0 aliphatic heterocycles. The minimum Gasteiger partial charge on any atom is -0.255 e. The molecule has 4 aromatic rings. The van der Waals surface area contributed by atoms with Gasteiger partial charge in [-0.2, -0.15) is 5.10 Å². The van der Waals surface area contributed by atoms with Crippen LogP contribution in [0.15, 0.2) is 92.9 Å². The Kier molecular flexibility index (Phi) is 5.55. The fourth-order valence-corrected chi connectivity index (χ4v) is 3.89. The second kappa shape index (κ2) is 8.41. The summed E-state index contributed by atoms with van der Waals surface area (Å²) in [7, 11) is 0. The first-order valence-corrected chi connectivity index (χ1v) is 10.1. The molecule has 0 aliphatic rings. The van der Waals surface area contributed by atoms with Crippen LogP contribution in [0.4, 0.5) is 10.1 Å². The Balaban J connectivity index is 1.89. The topological polar surface area (TPSA) is 42.5 Å². The molecule has 0 radical (unpaired) electrons. The van der Waals surface area contributed by atoms with E-state index in [9.17, 15) is 4.39 Å². The molecule has 0 amide bonds. The highest BCUT2D eigenvalue weighted by atomic mass is 79.9. The van der Waals surface area contributed by atoms with Crippen molar-refractivity contribution >= 4 is 39.2 Å². The number of benzene rings is 2. The molecule has 0 fully saturated rings. The van der Waals surface area contributed by atoms with E-state index in [0.717, 1.165) is 21.4 Å². The smallest absolute Gasteiger partial charge is 0.211 e. The van der Waals surface area contributed by atoms with Crippen molar-refractivity contribution in [3.63, 3.8) is 0 Å². The SMILES string of the molecule is Fc1ccccc1N=c1scc(-c2ccccc2Br)n1N=Cc1ccccn1. The summed E-state index contributed by atoms with van der Waals surface area (Å²) in [6.45, 7) is 0. The zero-order valence-corrected chi connectivity index (χ0v) is 16.9. The number of aromatic nitrogens is 2. The van der Waals surface area contributed by atoms with Crippen LogP contribution in [0.25, 0.3) is 11.3 Å². The average Bonchev–Trinajstić information content (AvgIpc) is 3.11. The van der Waals surface area contributed by atoms with Gasteiger partial charge in [-0.1, -0.05) is 52.3 Å². The first-order chi connectivity index (χ1) is 13.7. The number of thiazole rings is 1. The van der Waals surface area contributed by atoms with Crippen LogP contribution >= 0.6 is 27.3 Å². The van der Waals surface area contributed by atoms with E-state index in [2.05, 4.69) is 31.0 Å². The minimum atomic E-state index is -0.376. The van der Waals surface area contributed by atoms with Crippen LogP contribution in [0.1, 0.15) is 5.69 Å². The van der Waals surface area contributed by atoms with Crippen molar-refractivity contribution in [2.45, 2.75) is 0 Å². The molecule has 4 rings (SSSR count). The number of pyridine rings is 1. The number of hydrogen-bond donors (Lipinski definition) is 0. The van der Waals surface area contributed by atoms with Gasteiger partial charge in [-0.25, -0.2) is 14.1 Å². The van der Waals surface area contributed by atoms with Crippen molar-refractivity contribution in [2.75, 3.05) is 0 Å². The first kappa shape index (κ1) is 18.5. The van der Waals surface area contributed by atoms with Gasteiger partial charge in [-0.3, -0.25) is 4.98 Å². The molecule has 4 nitrogen and oxygen atoms in total. The van der Waals surface area contributed by atoms with Crippen LogP contribution in [0.5, 0.6) is 0 Å². The number of para-hydroxylation sites is 1. The predicted octanol–water partition coefficient (Wildman–Crippen LogP) is 5.63. The molecule has 0 bridgehead atoms. The summed E-state index contributed by atoms with van der Waals surface area (Å²) in [6.07, 6.45) is 3.37. The third-order valence-corrected chi connectivity index (χ3v) is 5.40. The molecule has 7 heteroatoms. The minimum absolute atomic E-state index is 0.268. The van der Waals surface area contributed by atoms with E-state index < -0.39 is 0 Å². The number of nitrogens with zero attached hydrogens (tertiary/aromatic N) is 4. The first-order valence-electron chi connectivity index (χ1n) is 8.42. The quantitative estimate of drug-likeness (QED) is 0.370. The lowest BCUT2D eigenvalue weighted by molar-refractivity contribution is 0.628. The van der Waals surface area contributed by atoms with Crippen LogP contribution in [-0.2, 0) is 0 Å². The Hall–Kier alpha value is -2.90. The molecule has 28 heavy (non-hydrogen) atoms. The molecule has 0 atom stereocenters. The van der Waals surface area contributed by atoms with Crippen LogP contribution in [0, 0.1) is 5.82 Å². The summed E-state index contributed by atoms with van der Waals surface area (Å²) in [5.41, 5.74) is 2.80. The largest absolute Gasteiger partial charge is 0.255 e. The lowest BCUT2D eigenvalue weighted by Crippen LogP contribution is -2.12. The maximum atomic E-state index is 14.1. The Morgan fingerprint density at radius 3 is 2.57 bits per heavy atom. The van der Waals surface area contributed by atoms with Gasteiger partial charge in [-0.05, 0) is 30.3 Å². The van der Waals surface area contributed by atoms with Gasteiger partial charge in [0.1, 0.15) is 11.5 Å². The molecule has 0 aliphatic carbocycles. The summed E-state index contributed by atoms with van der Waals surface area (Å²) in [6, 6.07) is 19.9. The van der Waals surface area contributed by atoms with E-state index in [1.54, 1.807) is 35.3 Å². The fourth-order valence-electron chi connectivity index (χ4n) is 2.56. The molecular weight excluding hydrogens is 439 g/mol. The van der Waals surface area contributed by atoms with Gasteiger partial charge in [0.15, 0.2) is 0 Å². The number of rotatable bonds is 4. The van der Waals surface area contributed by atoms with Crippen molar-refractivity contribution in [1.82, 2.24) is 9.66 Å². The van der Waals surface area contributed by atoms with Gasteiger partial charge in [0.2, 0.25) is 4.80 Å². The van der Waals surface area contributed by atoms with E-state index in [4.69, 9.17) is 0 Å². The zero-order valence-electron chi connectivity index (χ0n) is 14.5. The van der Waals surface area contributed by atoms with E-state index in [0.29, 0.717) is 4.80 Å². The second-order valence-electron chi connectivity index (χ2n) is 5.76. The average molecular weight is 453 g/mol.